The van der Waals surface area contributed by atoms with Gasteiger partial charge in [-0.2, -0.15) is 11.8 Å². The zero-order valence-electron chi connectivity index (χ0n) is 12.2. The molecule has 2 atom stereocenters. The predicted molar refractivity (Wildman–Crippen MR) is 84.7 cm³/mol. The number of amides is 1. The van der Waals surface area contributed by atoms with Crippen LogP contribution in [0.4, 0.5) is 0 Å². The average Bonchev–Trinajstić information content (AvgIpc) is 2.50. The van der Waals surface area contributed by atoms with E-state index >= 15 is 0 Å². The van der Waals surface area contributed by atoms with Crippen molar-refractivity contribution in [2.45, 2.75) is 37.6 Å². The summed E-state index contributed by atoms with van der Waals surface area (Å²) in [5, 5.41) is 11.9. The van der Waals surface area contributed by atoms with Crippen molar-refractivity contribution in [1.82, 2.24) is 5.32 Å². The maximum absolute atomic E-state index is 12.5. The van der Waals surface area contributed by atoms with Crippen molar-refractivity contribution in [3.05, 3.63) is 35.4 Å². The van der Waals surface area contributed by atoms with Gasteiger partial charge < -0.3 is 10.4 Å². The maximum Gasteiger partial charge on any atom is 0.326 e. The van der Waals surface area contributed by atoms with Crippen molar-refractivity contribution in [2.24, 2.45) is 0 Å². The topological polar surface area (TPSA) is 66.4 Å². The molecule has 0 heterocycles. The van der Waals surface area contributed by atoms with E-state index in [1.807, 2.05) is 24.5 Å². The van der Waals surface area contributed by atoms with Gasteiger partial charge in [0.1, 0.15) is 6.04 Å². The summed E-state index contributed by atoms with van der Waals surface area (Å²) in [4.78, 5) is 23.7. The quantitative estimate of drug-likeness (QED) is 0.847. The molecular formula is C16H21NO3S. The van der Waals surface area contributed by atoms with Crippen molar-refractivity contribution in [1.29, 1.82) is 0 Å². The Morgan fingerprint density at radius 2 is 2.19 bits per heavy atom. The molecule has 0 aromatic heterocycles. The third-order valence-electron chi connectivity index (χ3n) is 3.91. The highest BCUT2D eigenvalue weighted by molar-refractivity contribution is 7.98. The number of rotatable bonds is 6. The van der Waals surface area contributed by atoms with Crippen LogP contribution in [0.5, 0.6) is 0 Å². The van der Waals surface area contributed by atoms with E-state index in [1.165, 1.54) is 5.56 Å². The van der Waals surface area contributed by atoms with Gasteiger partial charge in [-0.05, 0) is 48.8 Å². The van der Waals surface area contributed by atoms with E-state index in [0.717, 1.165) is 30.6 Å². The van der Waals surface area contributed by atoms with Gasteiger partial charge in [-0.25, -0.2) is 4.79 Å². The number of carboxylic acids is 1. The summed E-state index contributed by atoms with van der Waals surface area (Å²) in [6.45, 7) is 0. The molecule has 1 unspecified atom stereocenters. The van der Waals surface area contributed by atoms with Crippen LogP contribution in [0.25, 0.3) is 0 Å². The van der Waals surface area contributed by atoms with Crippen LogP contribution in [-0.2, 0) is 16.0 Å². The van der Waals surface area contributed by atoms with Crippen LogP contribution in [0.15, 0.2) is 24.3 Å². The summed E-state index contributed by atoms with van der Waals surface area (Å²) >= 11 is 1.58. The van der Waals surface area contributed by atoms with E-state index in [2.05, 4.69) is 11.4 Å². The number of benzene rings is 1. The monoisotopic (exact) mass is 307 g/mol. The van der Waals surface area contributed by atoms with Crippen molar-refractivity contribution < 1.29 is 14.7 Å². The van der Waals surface area contributed by atoms with Crippen molar-refractivity contribution in [3.8, 4) is 0 Å². The molecule has 1 aromatic carbocycles. The van der Waals surface area contributed by atoms with Crippen LogP contribution in [0.3, 0.4) is 0 Å². The van der Waals surface area contributed by atoms with Crippen molar-refractivity contribution in [2.75, 3.05) is 12.0 Å². The van der Waals surface area contributed by atoms with Gasteiger partial charge in [-0.3, -0.25) is 4.79 Å². The number of hydrogen-bond acceptors (Lipinski definition) is 3. The van der Waals surface area contributed by atoms with Crippen molar-refractivity contribution in [3.63, 3.8) is 0 Å². The summed E-state index contributed by atoms with van der Waals surface area (Å²) in [5.74, 6) is -0.610. The highest BCUT2D eigenvalue weighted by atomic mass is 32.2. The standard InChI is InChI=1S/C16H21NO3S/c1-21-10-9-14(16(19)20)17-15(18)13-8-4-6-11-5-2-3-7-12(11)13/h2-3,5,7,13-14H,4,6,8-10H2,1H3,(H,17,18)(H,19,20)/t13?,14-/m0/s1. The Balaban J connectivity index is 2.08. The SMILES string of the molecule is CSCC[C@H](NC(=O)C1CCCc2ccccc21)C(=O)O. The molecule has 0 radical (unpaired) electrons. The lowest BCUT2D eigenvalue weighted by Gasteiger charge is -2.26. The van der Waals surface area contributed by atoms with E-state index in [4.69, 9.17) is 0 Å². The lowest BCUT2D eigenvalue weighted by atomic mass is 9.82. The summed E-state index contributed by atoms with van der Waals surface area (Å²) in [6, 6.07) is 7.16. The van der Waals surface area contributed by atoms with Crippen molar-refractivity contribution >= 4 is 23.6 Å². The third kappa shape index (κ3) is 4.00. The first-order valence-electron chi connectivity index (χ1n) is 7.23. The second-order valence-corrected chi connectivity index (χ2v) is 6.31. The summed E-state index contributed by atoms with van der Waals surface area (Å²) < 4.78 is 0. The lowest BCUT2D eigenvalue weighted by molar-refractivity contribution is -0.142. The van der Waals surface area contributed by atoms with Crippen LogP contribution in [0.1, 0.15) is 36.3 Å². The molecule has 0 saturated carbocycles. The Labute approximate surface area is 129 Å². The van der Waals surface area contributed by atoms with E-state index in [9.17, 15) is 14.7 Å². The van der Waals surface area contributed by atoms with Gasteiger partial charge in [0.05, 0.1) is 5.92 Å². The third-order valence-corrected chi connectivity index (χ3v) is 4.56. The van der Waals surface area contributed by atoms with Gasteiger partial charge in [-0.1, -0.05) is 24.3 Å². The largest absolute Gasteiger partial charge is 0.480 e. The Hall–Kier alpha value is -1.49. The number of carbonyl (C=O) groups excluding carboxylic acids is 1. The number of aryl methyl sites for hydroxylation is 1. The first-order chi connectivity index (χ1) is 10.1. The first kappa shape index (κ1) is 15.9. The number of carboxylic acid groups (broad SMARTS) is 1. The number of aliphatic carboxylic acids is 1. The van der Waals surface area contributed by atoms with Crippen LogP contribution in [-0.4, -0.2) is 35.0 Å². The normalized spacial score (nSPS) is 18.6. The molecular weight excluding hydrogens is 286 g/mol. The lowest BCUT2D eigenvalue weighted by Crippen LogP contribution is -2.43. The fourth-order valence-electron chi connectivity index (χ4n) is 2.79. The number of carbonyl (C=O) groups is 2. The van der Waals surface area contributed by atoms with E-state index in [0.29, 0.717) is 6.42 Å². The Bertz CT molecular complexity index is 518. The van der Waals surface area contributed by atoms with Crippen LogP contribution in [0.2, 0.25) is 0 Å². The van der Waals surface area contributed by atoms with Gasteiger partial charge in [0.2, 0.25) is 5.91 Å². The van der Waals surface area contributed by atoms with Crippen LogP contribution >= 0.6 is 11.8 Å². The number of fused-ring (bicyclic) bond motifs is 1. The highest BCUT2D eigenvalue weighted by Gasteiger charge is 2.29. The van der Waals surface area contributed by atoms with E-state index < -0.39 is 12.0 Å². The molecule has 4 nitrogen and oxygen atoms in total. The fourth-order valence-corrected chi connectivity index (χ4v) is 3.26. The van der Waals surface area contributed by atoms with Gasteiger partial charge in [-0.15, -0.1) is 0 Å². The minimum Gasteiger partial charge on any atom is -0.480 e. The smallest absolute Gasteiger partial charge is 0.326 e. The number of nitrogens with one attached hydrogen (secondary N) is 1. The molecule has 0 spiro atoms. The Kier molecular flexibility index (Phi) is 5.67. The Morgan fingerprint density at radius 1 is 1.43 bits per heavy atom. The van der Waals surface area contributed by atoms with Crippen LogP contribution in [0, 0.1) is 0 Å². The molecule has 1 amide bonds. The second-order valence-electron chi connectivity index (χ2n) is 5.32. The number of hydrogen-bond donors (Lipinski definition) is 2. The molecule has 0 saturated heterocycles. The molecule has 114 valence electrons. The molecule has 1 aliphatic rings. The van der Waals surface area contributed by atoms with Gasteiger partial charge in [0.15, 0.2) is 0 Å². The minimum absolute atomic E-state index is 0.157. The maximum atomic E-state index is 12.5. The van der Waals surface area contributed by atoms with E-state index in [-0.39, 0.29) is 11.8 Å². The average molecular weight is 307 g/mol. The van der Waals surface area contributed by atoms with Gasteiger partial charge >= 0.3 is 5.97 Å². The molecule has 2 N–H and O–H groups in total. The zero-order valence-corrected chi connectivity index (χ0v) is 13.0. The second kappa shape index (κ2) is 7.50. The first-order valence-corrected chi connectivity index (χ1v) is 8.62. The molecule has 0 aliphatic heterocycles. The van der Waals surface area contributed by atoms with Gasteiger partial charge in [0.25, 0.3) is 0 Å². The minimum atomic E-state index is -0.957. The van der Waals surface area contributed by atoms with Gasteiger partial charge in [0, 0.05) is 0 Å². The molecule has 5 heteroatoms. The van der Waals surface area contributed by atoms with E-state index in [1.54, 1.807) is 11.8 Å². The van der Waals surface area contributed by atoms with Crippen LogP contribution < -0.4 is 5.32 Å². The summed E-state index contributed by atoms with van der Waals surface area (Å²) in [6.07, 6.45) is 5.14. The summed E-state index contributed by atoms with van der Waals surface area (Å²) in [5.41, 5.74) is 2.26. The zero-order chi connectivity index (χ0) is 15.2. The molecule has 1 aromatic rings. The molecule has 21 heavy (non-hydrogen) atoms. The predicted octanol–water partition coefficient (Wildman–Crippen LogP) is 2.43. The highest BCUT2D eigenvalue weighted by Crippen LogP contribution is 2.31. The Morgan fingerprint density at radius 3 is 2.90 bits per heavy atom. The molecule has 2 rings (SSSR count). The number of thioether (sulfide) groups is 1. The molecule has 0 bridgehead atoms. The molecule has 0 fully saturated rings. The molecule has 1 aliphatic carbocycles. The summed E-state index contributed by atoms with van der Waals surface area (Å²) in [7, 11) is 0. The fraction of sp³-hybridized carbons (Fsp3) is 0.500.